The second kappa shape index (κ2) is 9.44. The minimum atomic E-state index is -0.739. The molecule has 0 spiro atoms. The second-order valence-electron chi connectivity index (χ2n) is 7.17. The second-order valence-corrected chi connectivity index (χ2v) is 7.17. The van der Waals surface area contributed by atoms with Crippen molar-refractivity contribution in [3.63, 3.8) is 0 Å². The van der Waals surface area contributed by atoms with Crippen molar-refractivity contribution < 1.29 is 19.1 Å². The Balaban J connectivity index is 2.75. The average Bonchev–Trinajstić information content (AvgIpc) is 2.57. The normalized spacial score (nSPS) is 15.2. The summed E-state index contributed by atoms with van der Waals surface area (Å²) in [4.78, 5) is 26.3. The van der Waals surface area contributed by atoms with E-state index in [9.17, 15) is 9.59 Å². The summed E-state index contributed by atoms with van der Waals surface area (Å²) in [7, 11) is 1.56. The zero-order valence-electron chi connectivity index (χ0n) is 16.1. The Hall–Kier alpha value is -2.04. The van der Waals surface area contributed by atoms with Gasteiger partial charge in [-0.2, -0.15) is 0 Å². The molecule has 0 fully saturated rings. The van der Waals surface area contributed by atoms with Crippen molar-refractivity contribution in [1.29, 1.82) is 0 Å². The molecule has 1 aliphatic carbocycles. The molecule has 140 valence electrons. The highest BCUT2D eigenvalue weighted by Crippen LogP contribution is 2.19. The largest absolute Gasteiger partial charge is 0.460 e. The van der Waals surface area contributed by atoms with Crippen LogP contribution in [0.2, 0.25) is 0 Å². The average molecular weight is 349 g/mol. The summed E-state index contributed by atoms with van der Waals surface area (Å²) in [6.45, 7) is 11.6. The van der Waals surface area contributed by atoms with Crippen LogP contribution in [-0.4, -0.2) is 42.3 Å². The number of amides is 1. The molecule has 0 bridgehead atoms. The molecule has 1 amide bonds. The maximum absolute atomic E-state index is 12.5. The number of esters is 1. The van der Waals surface area contributed by atoms with Crippen LogP contribution in [0.3, 0.4) is 0 Å². The van der Waals surface area contributed by atoms with Crippen LogP contribution < -0.4 is 0 Å². The van der Waals surface area contributed by atoms with Gasteiger partial charge in [-0.1, -0.05) is 30.7 Å². The Kier molecular flexibility index (Phi) is 7.94. The van der Waals surface area contributed by atoms with E-state index >= 15 is 0 Å². The van der Waals surface area contributed by atoms with E-state index in [0.717, 1.165) is 24.0 Å². The summed E-state index contributed by atoms with van der Waals surface area (Å²) < 4.78 is 10.9. The van der Waals surface area contributed by atoms with Gasteiger partial charge in [-0.15, -0.1) is 6.58 Å². The maximum Gasteiger partial charge on any atom is 0.410 e. The number of likely N-dealkylation sites (N-methyl/N-ethyl adjacent to an activating group) is 1. The van der Waals surface area contributed by atoms with Crippen molar-refractivity contribution in [3.05, 3.63) is 36.0 Å². The van der Waals surface area contributed by atoms with Crippen LogP contribution in [0.25, 0.3) is 0 Å². The van der Waals surface area contributed by atoms with E-state index in [1.807, 2.05) is 39.8 Å². The first kappa shape index (κ1) is 21.0. The first-order valence-electron chi connectivity index (χ1n) is 8.77. The number of carbonyl (C=O) groups is 2. The first-order chi connectivity index (χ1) is 11.7. The summed E-state index contributed by atoms with van der Waals surface area (Å²) in [5.74, 6) is -0.438. The lowest BCUT2D eigenvalue weighted by atomic mass is 10.1. The Bertz CT molecular complexity index is 560. The molecular weight excluding hydrogens is 318 g/mol. The monoisotopic (exact) mass is 349 g/mol. The van der Waals surface area contributed by atoms with Gasteiger partial charge in [-0.3, -0.25) is 4.90 Å². The minimum Gasteiger partial charge on any atom is -0.460 e. The van der Waals surface area contributed by atoms with Gasteiger partial charge in [0.2, 0.25) is 0 Å². The van der Waals surface area contributed by atoms with Gasteiger partial charge in [0.15, 0.2) is 0 Å². The lowest BCUT2D eigenvalue weighted by Gasteiger charge is -2.31. The van der Waals surface area contributed by atoms with Gasteiger partial charge in [-0.25, -0.2) is 9.59 Å². The molecule has 0 aromatic heterocycles. The number of allylic oxidation sites excluding steroid dienone is 3. The molecule has 5 nitrogen and oxygen atoms in total. The highest BCUT2D eigenvalue weighted by atomic mass is 16.6. The summed E-state index contributed by atoms with van der Waals surface area (Å²) in [6, 6.07) is -0.739. The fraction of sp³-hybridized carbons (Fsp3) is 0.600. The van der Waals surface area contributed by atoms with Crippen LogP contribution in [-0.2, 0) is 14.3 Å². The maximum atomic E-state index is 12.5. The molecule has 0 aromatic rings. The van der Waals surface area contributed by atoms with E-state index in [4.69, 9.17) is 9.47 Å². The van der Waals surface area contributed by atoms with E-state index in [0.29, 0.717) is 12.8 Å². The van der Waals surface area contributed by atoms with Gasteiger partial charge in [0, 0.05) is 7.05 Å². The highest BCUT2D eigenvalue weighted by molar-refractivity contribution is 5.81. The molecule has 1 unspecified atom stereocenters. The zero-order chi connectivity index (χ0) is 19.0. The number of hydrogen-bond donors (Lipinski definition) is 0. The molecular formula is C20H31NO4. The van der Waals surface area contributed by atoms with Crippen molar-refractivity contribution in [2.45, 2.75) is 65.0 Å². The van der Waals surface area contributed by atoms with Crippen LogP contribution >= 0.6 is 0 Å². The van der Waals surface area contributed by atoms with Crippen molar-refractivity contribution in [3.8, 4) is 0 Å². The molecule has 0 aromatic carbocycles. The molecule has 0 heterocycles. The molecule has 5 heteroatoms. The predicted molar refractivity (Wildman–Crippen MR) is 99.2 cm³/mol. The standard InChI is InChI=1S/C20H31NO4/c1-7-20(4,5)25-19(23)21(6)17(13-15(2)3)18(22)24-14-16-11-9-8-10-12-16/h8-9,11,17H,2,7,10,12-14H2,1,3-6H3. The van der Waals surface area contributed by atoms with Crippen molar-refractivity contribution >= 4 is 12.1 Å². The Morgan fingerprint density at radius 2 is 2.08 bits per heavy atom. The van der Waals surface area contributed by atoms with Crippen LogP contribution in [0.15, 0.2) is 36.0 Å². The third-order valence-electron chi connectivity index (χ3n) is 4.28. The molecule has 25 heavy (non-hydrogen) atoms. The molecule has 0 aliphatic heterocycles. The first-order valence-corrected chi connectivity index (χ1v) is 8.77. The molecule has 1 atom stereocenters. The summed E-state index contributed by atoms with van der Waals surface area (Å²) in [5, 5.41) is 0. The van der Waals surface area contributed by atoms with E-state index in [1.54, 1.807) is 7.05 Å². The zero-order valence-corrected chi connectivity index (χ0v) is 16.1. The van der Waals surface area contributed by atoms with Gasteiger partial charge < -0.3 is 9.47 Å². The van der Waals surface area contributed by atoms with E-state index in [2.05, 4.69) is 12.7 Å². The Morgan fingerprint density at radius 1 is 1.40 bits per heavy atom. The highest BCUT2D eigenvalue weighted by Gasteiger charge is 2.32. The van der Waals surface area contributed by atoms with Crippen LogP contribution in [0.1, 0.15) is 53.4 Å². The quantitative estimate of drug-likeness (QED) is 0.481. The van der Waals surface area contributed by atoms with Crippen LogP contribution in [0.5, 0.6) is 0 Å². The van der Waals surface area contributed by atoms with Crippen LogP contribution in [0, 0.1) is 0 Å². The molecule has 1 rings (SSSR count). The fourth-order valence-corrected chi connectivity index (χ4v) is 2.25. The fourth-order valence-electron chi connectivity index (χ4n) is 2.25. The van der Waals surface area contributed by atoms with Gasteiger partial charge in [-0.05, 0) is 52.0 Å². The van der Waals surface area contributed by atoms with Gasteiger partial charge >= 0.3 is 12.1 Å². The number of ether oxygens (including phenoxy) is 2. The van der Waals surface area contributed by atoms with E-state index < -0.39 is 23.7 Å². The third kappa shape index (κ3) is 7.16. The predicted octanol–water partition coefficient (Wildman–Crippen LogP) is 4.40. The number of nitrogens with zero attached hydrogens (tertiary/aromatic N) is 1. The Morgan fingerprint density at radius 3 is 2.60 bits per heavy atom. The summed E-state index contributed by atoms with van der Waals surface area (Å²) in [6.07, 6.45) is 8.35. The van der Waals surface area contributed by atoms with Crippen LogP contribution in [0.4, 0.5) is 4.79 Å². The topological polar surface area (TPSA) is 55.8 Å². The lowest BCUT2D eigenvalue weighted by molar-refractivity contribution is -0.148. The molecule has 0 saturated heterocycles. The van der Waals surface area contributed by atoms with Gasteiger partial charge in [0.25, 0.3) is 0 Å². The van der Waals surface area contributed by atoms with Gasteiger partial charge in [0.1, 0.15) is 18.2 Å². The third-order valence-corrected chi connectivity index (χ3v) is 4.28. The summed E-state index contributed by atoms with van der Waals surface area (Å²) >= 11 is 0. The molecule has 0 radical (unpaired) electrons. The smallest absolute Gasteiger partial charge is 0.410 e. The van der Waals surface area contributed by atoms with Crippen molar-refractivity contribution in [1.82, 2.24) is 4.90 Å². The van der Waals surface area contributed by atoms with E-state index in [1.165, 1.54) is 4.90 Å². The molecule has 0 N–H and O–H groups in total. The minimum absolute atomic E-state index is 0.249. The number of hydrogen-bond acceptors (Lipinski definition) is 4. The van der Waals surface area contributed by atoms with Crippen molar-refractivity contribution in [2.24, 2.45) is 0 Å². The van der Waals surface area contributed by atoms with E-state index in [-0.39, 0.29) is 6.61 Å². The number of carbonyl (C=O) groups excluding carboxylic acids is 2. The number of rotatable bonds is 8. The SMILES string of the molecule is C=C(C)CC(C(=O)OCC1=CC=CCC1)N(C)C(=O)OC(C)(C)CC. The van der Waals surface area contributed by atoms with Crippen molar-refractivity contribution in [2.75, 3.05) is 13.7 Å². The Labute approximate surface area is 151 Å². The van der Waals surface area contributed by atoms with Gasteiger partial charge in [0.05, 0.1) is 0 Å². The lowest BCUT2D eigenvalue weighted by Crippen LogP contribution is -2.46. The summed E-state index contributed by atoms with van der Waals surface area (Å²) in [5.41, 5.74) is 1.29. The molecule has 1 aliphatic rings. The molecule has 0 saturated carbocycles.